The van der Waals surface area contributed by atoms with E-state index in [1.807, 2.05) is 0 Å². The maximum atomic E-state index is 11.9. The van der Waals surface area contributed by atoms with Crippen LogP contribution in [0.5, 0.6) is 0 Å². The fourth-order valence-electron chi connectivity index (χ4n) is 2.28. The number of anilines is 1. The second-order valence-electron chi connectivity index (χ2n) is 5.37. The minimum Gasteiger partial charge on any atom is -0.465 e. The van der Waals surface area contributed by atoms with Gasteiger partial charge in [0.15, 0.2) is 0 Å². The molecule has 5 heteroatoms. The van der Waals surface area contributed by atoms with E-state index >= 15 is 0 Å². The quantitative estimate of drug-likeness (QED) is 0.800. The van der Waals surface area contributed by atoms with Crippen molar-refractivity contribution in [2.75, 3.05) is 19.0 Å². The summed E-state index contributed by atoms with van der Waals surface area (Å²) in [7, 11) is 1.32. The SMILES string of the molecule is CCc1ccc(CCNC(=O)Nc2cccc(C(=O)OC)c2)cc1. The first-order valence-electron chi connectivity index (χ1n) is 7.93. The molecule has 0 saturated heterocycles. The van der Waals surface area contributed by atoms with Gasteiger partial charge in [-0.15, -0.1) is 0 Å². The van der Waals surface area contributed by atoms with Crippen LogP contribution in [0.25, 0.3) is 0 Å². The third-order valence-electron chi connectivity index (χ3n) is 3.67. The van der Waals surface area contributed by atoms with Gasteiger partial charge in [-0.05, 0) is 42.2 Å². The lowest BCUT2D eigenvalue weighted by Crippen LogP contribution is -2.30. The number of urea groups is 1. The first kappa shape index (κ1) is 17.5. The van der Waals surface area contributed by atoms with Gasteiger partial charge in [0.25, 0.3) is 0 Å². The maximum absolute atomic E-state index is 11.9. The molecule has 0 fully saturated rings. The van der Waals surface area contributed by atoms with Gasteiger partial charge in [-0.3, -0.25) is 0 Å². The van der Waals surface area contributed by atoms with Gasteiger partial charge < -0.3 is 15.4 Å². The summed E-state index contributed by atoms with van der Waals surface area (Å²) in [5, 5.41) is 5.51. The molecule has 0 bridgehead atoms. The number of carbonyl (C=O) groups is 2. The molecule has 0 heterocycles. The summed E-state index contributed by atoms with van der Waals surface area (Å²) in [6, 6.07) is 14.7. The lowest BCUT2D eigenvalue weighted by molar-refractivity contribution is 0.0600. The number of rotatable bonds is 6. The van der Waals surface area contributed by atoms with Crippen LogP contribution >= 0.6 is 0 Å². The molecule has 0 radical (unpaired) electrons. The lowest BCUT2D eigenvalue weighted by atomic mass is 10.1. The molecule has 2 N–H and O–H groups in total. The van der Waals surface area contributed by atoms with Crippen molar-refractivity contribution in [1.29, 1.82) is 0 Å². The Morgan fingerprint density at radius 1 is 1.04 bits per heavy atom. The van der Waals surface area contributed by atoms with E-state index in [2.05, 4.69) is 46.6 Å². The van der Waals surface area contributed by atoms with E-state index in [0.717, 1.165) is 12.8 Å². The van der Waals surface area contributed by atoms with E-state index in [-0.39, 0.29) is 6.03 Å². The van der Waals surface area contributed by atoms with Gasteiger partial charge >= 0.3 is 12.0 Å². The van der Waals surface area contributed by atoms with Crippen LogP contribution in [0, 0.1) is 0 Å². The summed E-state index contributed by atoms with van der Waals surface area (Å²) in [6.07, 6.45) is 1.78. The maximum Gasteiger partial charge on any atom is 0.337 e. The smallest absolute Gasteiger partial charge is 0.337 e. The Balaban J connectivity index is 1.81. The minimum absolute atomic E-state index is 0.304. The molecule has 0 aliphatic rings. The zero-order valence-electron chi connectivity index (χ0n) is 14.0. The molecule has 5 nitrogen and oxygen atoms in total. The Kier molecular flexibility index (Phi) is 6.37. The molecule has 0 aliphatic carbocycles. The van der Waals surface area contributed by atoms with Crippen molar-refractivity contribution in [3.8, 4) is 0 Å². The summed E-state index contributed by atoms with van der Waals surface area (Å²) in [5.41, 5.74) is 3.42. The van der Waals surface area contributed by atoms with E-state index < -0.39 is 5.97 Å². The van der Waals surface area contributed by atoms with E-state index in [4.69, 9.17) is 0 Å². The molecular formula is C19H22N2O3. The second kappa shape index (κ2) is 8.72. The zero-order valence-corrected chi connectivity index (χ0v) is 14.0. The normalized spacial score (nSPS) is 10.1. The van der Waals surface area contributed by atoms with Gasteiger partial charge in [-0.2, -0.15) is 0 Å². The van der Waals surface area contributed by atoms with Gasteiger partial charge in [0.05, 0.1) is 12.7 Å². The molecule has 2 rings (SSSR count). The zero-order chi connectivity index (χ0) is 17.4. The van der Waals surface area contributed by atoms with Crippen molar-refractivity contribution in [2.45, 2.75) is 19.8 Å². The number of hydrogen-bond acceptors (Lipinski definition) is 3. The Hall–Kier alpha value is -2.82. The molecule has 2 aromatic carbocycles. The summed E-state index contributed by atoms with van der Waals surface area (Å²) >= 11 is 0. The number of nitrogens with one attached hydrogen (secondary N) is 2. The van der Waals surface area contributed by atoms with Crippen molar-refractivity contribution in [3.63, 3.8) is 0 Å². The summed E-state index contributed by atoms with van der Waals surface area (Å²) in [6.45, 7) is 2.66. The second-order valence-corrected chi connectivity index (χ2v) is 5.37. The van der Waals surface area contributed by atoms with Crippen LogP contribution in [-0.2, 0) is 17.6 Å². The fraction of sp³-hybridized carbons (Fsp3) is 0.263. The molecule has 24 heavy (non-hydrogen) atoms. The predicted octanol–water partition coefficient (Wildman–Crippen LogP) is 3.40. The topological polar surface area (TPSA) is 67.4 Å². The van der Waals surface area contributed by atoms with Crippen LogP contribution in [0.2, 0.25) is 0 Å². The van der Waals surface area contributed by atoms with Gasteiger partial charge in [0.2, 0.25) is 0 Å². The van der Waals surface area contributed by atoms with Crippen LogP contribution in [-0.4, -0.2) is 25.7 Å². The third kappa shape index (κ3) is 5.12. The number of carbonyl (C=O) groups excluding carboxylic acids is 2. The van der Waals surface area contributed by atoms with Crippen molar-refractivity contribution < 1.29 is 14.3 Å². The van der Waals surface area contributed by atoms with E-state index in [1.165, 1.54) is 18.2 Å². The first-order valence-corrected chi connectivity index (χ1v) is 7.93. The minimum atomic E-state index is -0.436. The van der Waals surface area contributed by atoms with Crippen LogP contribution in [0.3, 0.4) is 0 Å². The van der Waals surface area contributed by atoms with E-state index in [9.17, 15) is 9.59 Å². The average Bonchev–Trinajstić information content (AvgIpc) is 2.61. The monoisotopic (exact) mass is 326 g/mol. The van der Waals surface area contributed by atoms with Crippen molar-refractivity contribution in [2.24, 2.45) is 0 Å². The van der Waals surface area contributed by atoms with E-state index in [0.29, 0.717) is 17.8 Å². The van der Waals surface area contributed by atoms with Gasteiger partial charge in [-0.25, -0.2) is 9.59 Å². The molecule has 0 spiro atoms. The van der Waals surface area contributed by atoms with Crippen molar-refractivity contribution >= 4 is 17.7 Å². The van der Waals surface area contributed by atoms with Gasteiger partial charge in [0, 0.05) is 12.2 Å². The lowest BCUT2D eigenvalue weighted by Gasteiger charge is -2.09. The Morgan fingerprint density at radius 2 is 1.75 bits per heavy atom. The number of amides is 2. The van der Waals surface area contributed by atoms with Crippen LogP contribution in [0.4, 0.5) is 10.5 Å². The number of aryl methyl sites for hydroxylation is 1. The van der Waals surface area contributed by atoms with Crippen LogP contribution in [0.15, 0.2) is 48.5 Å². The number of esters is 1. The highest BCUT2D eigenvalue weighted by atomic mass is 16.5. The molecule has 0 saturated carbocycles. The fourth-order valence-corrected chi connectivity index (χ4v) is 2.28. The van der Waals surface area contributed by atoms with Crippen LogP contribution in [0.1, 0.15) is 28.4 Å². The van der Waals surface area contributed by atoms with Crippen molar-refractivity contribution in [3.05, 3.63) is 65.2 Å². The first-order chi connectivity index (χ1) is 11.6. The van der Waals surface area contributed by atoms with Gasteiger partial charge in [0.1, 0.15) is 0 Å². The molecule has 126 valence electrons. The largest absolute Gasteiger partial charge is 0.465 e. The highest BCUT2D eigenvalue weighted by Gasteiger charge is 2.07. The number of ether oxygens (including phenoxy) is 1. The average molecular weight is 326 g/mol. The predicted molar refractivity (Wildman–Crippen MR) is 94.3 cm³/mol. The summed E-state index contributed by atoms with van der Waals surface area (Å²) in [4.78, 5) is 23.4. The number of methoxy groups -OCH3 is 1. The Bertz CT molecular complexity index is 696. The summed E-state index contributed by atoms with van der Waals surface area (Å²) < 4.78 is 4.66. The highest BCUT2D eigenvalue weighted by molar-refractivity contribution is 5.93. The molecule has 0 aromatic heterocycles. The highest BCUT2D eigenvalue weighted by Crippen LogP contribution is 2.11. The molecule has 0 unspecified atom stereocenters. The standard InChI is InChI=1S/C19H22N2O3/c1-3-14-7-9-15(10-8-14)11-12-20-19(23)21-17-6-4-5-16(13-17)18(22)24-2/h4-10,13H,3,11-12H2,1-2H3,(H2,20,21,23). The van der Waals surface area contributed by atoms with E-state index in [1.54, 1.807) is 24.3 Å². The van der Waals surface area contributed by atoms with Crippen molar-refractivity contribution in [1.82, 2.24) is 5.32 Å². The molecule has 0 aliphatic heterocycles. The molecular weight excluding hydrogens is 304 g/mol. The van der Waals surface area contributed by atoms with Gasteiger partial charge in [-0.1, -0.05) is 37.3 Å². The molecule has 0 atom stereocenters. The Morgan fingerprint density at radius 3 is 2.42 bits per heavy atom. The molecule has 2 amide bonds. The third-order valence-corrected chi connectivity index (χ3v) is 3.67. The summed E-state index contributed by atoms with van der Waals surface area (Å²) in [5.74, 6) is -0.436. The van der Waals surface area contributed by atoms with Crippen LogP contribution < -0.4 is 10.6 Å². The molecule has 2 aromatic rings. The number of hydrogen-bond donors (Lipinski definition) is 2. The Labute approximate surface area is 142 Å². The number of benzene rings is 2.